The molecule has 1 aliphatic carbocycles. The van der Waals surface area contributed by atoms with Crippen LogP contribution in [0.3, 0.4) is 0 Å². The van der Waals surface area contributed by atoms with Crippen LogP contribution < -0.4 is 4.74 Å². The lowest BCUT2D eigenvalue weighted by atomic mass is 10.0. The number of carbonyl (C=O) groups is 1. The number of rotatable bonds is 4. The van der Waals surface area contributed by atoms with E-state index in [-0.39, 0.29) is 5.78 Å². The summed E-state index contributed by atoms with van der Waals surface area (Å²) in [4.78, 5) is 11.5. The maximum absolute atomic E-state index is 11.5. The highest BCUT2D eigenvalue weighted by Gasteiger charge is 2.23. The van der Waals surface area contributed by atoms with Crippen LogP contribution in [0.2, 0.25) is 0 Å². The molecule has 1 saturated carbocycles. The van der Waals surface area contributed by atoms with Crippen LogP contribution in [0.5, 0.6) is 5.75 Å². The van der Waals surface area contributed by atoms with Gasteiger partial charge in [0, 0.05) is 0 Å². The molecular formula is C14H18O2. The molecule has 0 aliphatic heterocycles. The number of ketones is 1. The second-order valence-electron chi connectivity index (χ2n) is 4.69. The summed E-state index contributed by atoms with van der Waals surface area (Å²) in [7, 11) is 0. The van der Waals surface area contributed by atoms with E-state index in [0.717, 1.165) is 17.9 Å². The molecule has 0 atom stereocenters. The molecule has 0 bridgehead atoms. The third-order valence-corrected chi connectivity index (χ3v) is 3.22. The van der Waals surface area contributed by atoms with Crippen molar-refractivity contribution in [3.63, 3.8) is 0 Å². The molecule has 0 spiro atoms. The topological polar surface area (TPSA) is 26.3 Å². The smallest absolute Gasteiger partial charge is 0.163 e. The van der Waals surface area contributed by atoms with Crippen molar-refractivity contribution in [2.75, 3.05) is 6.61 Å². The molecule has 0 saturated heterocycles. The average Bonchev–Trinajstić information content (AvgIpc) is 3.03. The van der Waals surface area contributed by atoms with Gasteiger partial charge in [-0.3, -0.25) is 4.79 Å². The first-order chi connectivity index (χ1) is 7.59. The molecule has 0 radical (unpaired) electrons. The number of hydrogen-bond donors (Lipinski definition) is 0. The zero-order valence-electron chi connectivity index (χ0n) is 10.2. The van der Waals surface area contributed by atoms with E-state index in [1.54, 1.807) is 6.92 Å². The molecule has 1 fully saturated rings. The van der Waals surface area contributed by atoms with Crippen molar-refractivity contribution < 1.29 is 9.53 Å². The molecule has 1 aromatic rings. The van der Waals surface area contributed by atoms with E-state index in [1.807, 2.05) is 26.0 Å². The molecule has 0 amide bonds. The molecule has 2 nitrogen and oxygen atoms in total. The van der Waals surface area contributed by atoms with Crippen molar-refractivity contribution >= 4 is 5.78 Å². The van der Waals surface area contributed by atoms with Gasteiger partial charge in [-0.1, -0.05) is 6.07 Å². The molecule has 1 aromatic carbocycles. The van der Waals surface area contributed by atoms with Gasteiger partial charge >= 0.3 is 0 Å². The number of ether oxygens (including phenoxy) is 1. The minimum atomic E-state index is 0.0777. The lowest BCUT2D eigenvalue weighted by Crippen LogP contribution is -2.06. The number of benzene rings is 1. The highest BCUT2D eigenvalue weighted by atomic mass is 16.5. The van der Waals surface area contributed by atoms with Crippen LogP contribution in [0.25, 0.3) is 0 Å². The van der Waals surface area contributed by atoms with Crippen molar-refractivity contribution in [3.8, 4) is 5.75 Å². The predicted octanol–water partition coefficient (Wildman–Crippen LogP) is 3.29. The van der Waals surface area contributed by atoms with E-state index >= 15 is 0 Å². The SMILES string of the molecule is CC(=O)c1ccc(C)c(C)c1OCC1CC1. The van der Waals surface area contributed by atoms with E-state index in [2.05, 4.69) is 0 Å². The Kier molecular flexibility index (Phi) is 2.99. The summed E-state index contributed by atoms with van der Waals surface area (Å²) < 4.78 is 5.81. The minimum Gasteiger partial charge on any atom is -0.492 e. The number of carbonyl (C=O) groups excluding carboxylic acids is 1. The van der Waals surface area contributed by atoms with E-state index in [1.165, 1.54) is 18.4 Å². The fourth-order valence-electron chi connectivity index (χ4n) is 1.74. The van der Waals surface area contributed by atoms with Crippen molar-refractivity contribution in [1.82, 2.24) is 0 Å². The van der Waals surface area contributed by atoms with E-state index in [4.69, 9.17) is 4.74 Å². The molecule has 86 valence electrons. The maximum Gasteiger partial charge on any atom is 0.163 e. The van der Waals surface area contributed by atoms with Gasteiger partial charge in [-0.25, -0.2) is 0 Å². The van der Waals surface area contributed by atoms with Gasteiger partial charge in [0.15, 0.2) is 5.78 Å². The Bertz CT molecular complexity index is 417. The first kappa shape index (κ1) is 11.2. The van der Waals surface area contributed by atoms with E-state index in [9.17, 15) is 4.79 Å². The van der Waals surface area contributed by atoms with E-state index in [0.29, 0.717) is 11.5 Å². The maximum atomic E-state index is 11.5. The minimum absolute atomic E-state index is 0.0777. The highest BCUT2D eigenvalue weighted by molar-refractivity contribution is 5.97. The van der Waals surface area contributed by atoms with Crippen LogP contribution in [0, 0.1) is 19.8 Å². The average molecular weight is 218 g/mol. The van der Waals surface area contributed by atoms with Gasteiger partial charge in [-0.15, -0.1) is 0 Å². The quantitative estimate of drug-likeness (QED) is 0.725. The Morgan fingerprint density at radius 2 is 2.06 bits per heavy atom. The lowest BCUT2D eigenvalue weighted by molar-refractivity contribution is 0.101. The van der Waals surface area contributed by atoms with Gasteiger partial charge in [0.1, 0.15) is 5.75 Å². The van der Waals surface area contributed by atoms with E-state index < -0.39 is 0 Å². The normalized spacial score (nSPS) is 14.9. The molecule has 1 aliphatic rings. The molecule has 2 heteroatoms. The number of Topliss-reactive ketones (excluding diaryl/α,β-unsaturated/α-hetero) is 1. The first-order valence-corrected chi connectivity index (χ1v) is 5.83. The van der Waals surface area contributed by atoms with Crippen LogP contribution in [-0.2, 0) is 0 Å². The van der Waals surface area contributed by atoms with Crippen LogP contribution in [-0.4, -0.2) is 12.4 Å². The second kappa shape index (κ2) is 4.28. The van der Waals surface area contributed by atoms with Gasteiger partial charge in [0.2, 0.25) is 0 Å². The van der Waals surface area contributed by atoms with Crippen LogP contribution in [0.1, 0.15) is 41.3 Å². The Hall–Kier alpha value is -1.31. The summed E-state index contributed by atoms with van der Waals surface area (Å²) >= 11 is 0. The molecule has 0 aromatic heterocycles. The third-order valence-electron chi connectivity index (χ3n) is 3.22. The summed E-state index contributed by atoms with van der Waals surface area (Å²) in [5, 5.41) is 0. The largest absolute Gasteiger partial charge is 0.492 e. The van der Waals surface area contributed by atoms with Gasteiger partial charge in [0.05, 0.1) is 12.2 Å². The number of aryl methyl sites for hydroxylation is 1. The van der Waals surface area contributed by atoms with Gasteiger partial charge in [-0.2, -0.15) is 0 Å². The summed E-state index contributed by atoms with van der Waals surface area (Å²) in [6.07, 6.45) is 2.53. The molecule has 16 heavy (non-hydrogen) atoms. The second-order valence-corrected chi connectivity index (χ2v) is 4.69. The Morgan fingerprint density at radius 1 is 1.38 bits per heavy atom. The highest BCUT2D eigenvalue weighted by Crippen LogP contribution is 2.32. The van der Waals surface area contributed by atoms with Gasteiger partial charge in [0.25, 0.3) is 0 Å². The van der Waals surface area contributed by atoms with Crippen molar-refractivity contribution in [3.05, 3.63) is 28.8 Å². The van der Waals surface area contributed by atoms with Crippen molar-refractivity contribution in [2.45, 2.75) is 33.6 Å². The zero-order valence-corrected chi connectivity index (χ0v) is 10.2. The zero-order chi connectivity index (χ0) is 11.7. The van der Waals surface area contributed by atoms with Crippen molar-refractivity contribution in [1.29, 1.82) is 0 Å². The fourth-order valence-corrected chi connectivity index (χ4v) is 1.74. The van der Waals surface area contributed by atoms with Gasteiger partial charge < -0.3 is 4.74 Å². The Labute approximate surface area is 96.6 Å². The van der Waals surface area contributed by atoms with Crippen LogP contribution in [0.15, 0.2) is 12.1 Å². The molecule has 0 heterocycles. The summed E-state index contributed by atoms with van der Waals surface area (Å²) in [6.45, 7) is 6.41. The lowest BCUT2D eigenvalue weighted by Gasteiger charge is -2.14. The fraction of sp³-hybridized carbons (Fsp3) is 0.500. The monoisotopic (exact) mass is 218 g/mol. The van der Waals surface area contributed by atoms with Gasteiger partial charge in [-0.05, 0) is 56.7 Å². The van der Waals surface area contributed by atoms with Crippen molar-refractivity contribution in [2.24, 2.45) is 5.92 Å². The molecule has 0 N–H and O–H groups in total. The standard InChI is InChI=1S/C14H18O2/c1-9-4-7-13(11(3)15)14(10(9)2)16-8-12-5-6-12/h4,7,12H,5-6,8H2,1-3H3. The first-order valence-electron chi connectivity index (χ1n) is 5.83. The summed E-state index contributed by atoms with van der Waals surface area (Å²) in [5.74, 6) is 1.58. The molecule has 0 unspecified atom stereocenters. The summed E-state index contributed by atoms with van der Waals surface area (Å²) in [6, 6.07) is 3.85. The third kappa shape index (κ3) is 2.26. The molecular weight excluding hydrogens is 200 g/mol. The Morgan fingerprint density at radius 3 is 2.62 bits per heavy atom. The predicted molar refractivity (Wildman–Crippen MR) is 64.1 cm³/mol. The summed E-state index contributed by atoms with van der Waals surface area (Å²) in [5.41, 5.74) is 2.98. The molecule has 2 rings (SSSR count). The Balaban J connectivity index is 2.28. The van der Waals surface area contributed by atoms with Crippen LogP contribution in [0.4, 0.5) is 0 Å². The number of hydrogen-bond acceptors (Lipinski definition) is 2. The van der Waals surface area contributed by atoms with Crippen LogP contribution >= 0.6 is 0 Å².